The molecule has 0 spiro atoms. The number of amides is 2. The number of benzene rings is 2. The van der Waals surface area contributed by atoms with Crippen molar-refractivity contribution in [1.29, 1.82) is 0 Å². The zero-order chi connectivity index (χ0) is 17.9. The van der Waals surface area contributed by atoms with Crippen molar-refractivity contribution < 1.29 is 9.59 Å². The standard InChI is InChI=1S/C22H24N2O2/c25-20-12-11-19(22(24-20)17-5-2-1-3-6-17)23-21(26)14-15-9-10-16-7-4-8-18(16)13-15/h1-3,5-6,9-10,13,19,22H,4,7-8,11-12,14H2,(H,23,26)(H,24,25)/t19-,22+/m1/s1. The van der Waals surface area contributed by atoms with Gasteiger partial charge in [-0.15, -0.1) is 0 Å². The first kappa shape index (κ1) is 16.8. The van der Waals surface area contributed by atoms with Crippen LogP contribution in [0.3, 0.4) is 0 Å². The summed E-state index contributed by atoms with van der Waals surface area (Å²) >= 11 is 0. The molecule has 0 unspecified atom stereocenters. The average molecular weight is 348 g/mol. The number of hydrogen-bond acceptors (Lipinski definition) is 2. The van der Waals surface area contributed by atoms with E-state index < -0.39 is 0 Å². The third kappa shape index (κ3) is 3.64. The van der Waals surface area contributed by atoms with E-state index >= 15 is 0 Å². The molecule has 1 aliphatic carbocycles. The predicted molar refractivity (Wildman–Crippen MR) is 101 cm³/mol. The van der Waals surface area contributed by atoms with E-state index in [4.69, 9.17) is 0 Å². The molecule has 4 heteroatoms. The monoisotopic (exact) mass is 348 g/mol. The highest BCUT2D eigenvalue weighted by atomic mass is 16.2. The van der Waals surface area contributed by atoms with Gasteiger partial charge in [0.25, 0.3) is 0 Å². The fourth-order valence-corrected chi connectivity index (χ4v) is 4.11. The number of rotatable bonds is 4. The van der Waals surface area contributed by atoms with Gasteiger partial charge in [0.15, 0.2) is 0 Å². The van der Waals surface area contributed by atoms with Crippen LogP contribution in [0.1, 0.15) is 47.6 Å². The number of nitrogens with one attached hydrogen (secondary N) is 2. The van der Waals surface area contributed by atoms with E-state index in [0.29, 0.717) is 19.3 Å². The zero-order valence-electron chi connectivity index (χ0n) is 14.8. The summed E-state index contributed by atoms with van der Waals surface area (Å²) in [5, 5.41) is 6.18. The average Bonchev–Trinajstić information content (AvgIpc) is 3.11. The number of carbonyl (C=O) groups is 2. The van der Waals surface area contributed by atoms with E-state index in [2.05, 4.69) is 28.8 Å². The normalized spacial score (nSPS) is 21.8. The number of aryl methyl sites for hydroxylation is 2. The highest BCUT2D eigenvalue weighted by Gasteiger charge is 2.30. The van der Waals surface area contributed by atoms with Gasteiger partial charge >= 0.3 is 0 Å². The first-order valence-electron chi connectivity index (χ1n) is 9.43. The maximum absolute atomic E-state index is 12.6. The van der Waals surface area contributed by atoms with Gasteiger partial charge in [-0.2, -0.15) is 0 Å². The van der Waals surface area contributed by atoms with Crippen molar-refractivity contribution >= 4 is 11.8 Å². The minimum Gasteiger partial charge on any atom is -0.351 e. The van der Waals surface area contributed by atoms with Crippen LogP contribution in [0.4, 0.5) is 0 Å². The van der Waals surface area contributed by atoms with Crippen LogP contribution >= 0.6 is 0 Å². The summed E-state index contributed by atoms with van der Waals surface area (Å²) in [6.07, 6.45) is 5.00. The van der Waals surface area contributed by atoms with Gasteiger partial charge in [-0.1, -0.05) is 48.5 Å². The summed E-state index contributed by atoms with van der Waals surface area (Å²) in [7, 11) is 0. The van der Waals surface area contributed by atoms with Crippen LogP contribution in [0, 0.1) is 0 Å². The number of hydrogen-bond donors (Lipinski definition) is 2. The molecule has 0 radical (unpaired) electrons. The Bertz CT molecular complexity index is 816. The second-order valence-electron chi connectivity index (χ2n) is 7.30. The molecule has 2 aromatic carbocycles. The predicted octanol–water partition coefficient (Wildman–Crippen LogP) is 2.85. The minimum atomic E-state index is -0.165. The number of carbonyl (C=O) groups excluding carboxylic acids is 2. The summed E-state index contributed by atoms with van der Waals surface area (Å²) in [5.41, 5.74) is 4.92. The van der Waals surface area contributed by atoms with Crippen molar-refractivity contribution in [2.45, 2.75) is 50.6 Å². The van der Waals surface area contributed by atoms with Gasteiger partial charge in [0, 0.05) is 6.42 Å². The molecule has 1 saturated heterocycles. The molecule has 134 valence electrons. The molecule has 4 rings (SSSR count). The molecule has 2 amide bonds. The molecule has 0 saturated carbocycles. The van der Waals surface area contributed by atoms with Crippen molar-refractivity contribution in [3.05, 3.63) is 70.8 Å². The molecule has 1 aliphatic heterocycles. The Kier molecular flexibility index (Phi) is 4.74. The van der Waals surface area contributed by atoms with Crippen molar-refractivity contribution in [3.63, 3.8) is 0 Å². The molecule has 4 nitrogen and oxygen atoms in total. The van der Waals surface area contributed by atoms with E-state index in [1.807, 2.05) is 30.3 Å². The van der Waals surface area contributed by atoms with Crippen LogP contribution in [-0.4, -0.2) is 17.9 Å². The molecule has 26 heavy (non-hydrogen) atoms. The fourth-order valence-electron chi connectivity index (χ4n) is 4.11. The maximum atomic E-state index is 12.6. The summed E-state index contributed by atoms with van der Waals surface area (Å²) in [6, 6.07) is 16.0. The van der Waals surface area contributed by atoms with Crippen molar-refractivity contribution in [2.75, 3.05) is 0 Å². The molecule has 2 N–H and O–H groups in total. The number of piperidine rings is 1. The van der Waals surface area contributed by atoms with Gasteiger partial charge in [0.05, 0.1) is 18.5 Å². The molecular weight excluding hydrogens is 324 g/mol. The van der Waals surface area contributed by atoms with Gasteiger partial charge in [-0.3, -0.25) is 9.59 Å². The first-order valence-corrected chi connectivity index (χ1v) is 9.43. The van der Waals surface area contributed by atoms with Gasteiger partial charge in [0.2, 0.25) is 11.8 Å². The highest BCUT2D eigenvalue weighted by Crippen LogP contribution is 2.25. The largest absolute Gasteiger partial charge is 0.351 e. The van der Waals surface area contributed by atoms with E-state index in [1.165, 1.54) is 17.5 Å². The van der Waals surface area contributed by atoms with Crippen molar-refractivity contribution in [1.82, 2.24) is 10.6 Å². The van der Waals surface area contributed by atoms with Gasteiger partial charge < -0.3 is 10.6 Å². The van der Waals surface area contributed by atoms with Crippen molar-refractivity contribution in [2.24, 2.45) is 0 Å². The number of fused-ring (bicyclic) bond motifs is 1. The Labute approximate surface area is 154 Å². The third-order valence-corrected chi connectivity index (χ3v) is 5.43. The molecule has 2 aliphatic rings. The SMILES string of the molecule is O=C(Cc1ccc2c(c1)CCC2)N[C@@H]1CCC(=O)N[C@H]1c1ccccc1. The smallest absolute Gasteiger partial charge is 0.224 e. The summed E-state index contributed by atoms with van der Waals surface area (Å²) in [6.45, 7) is 0. The lowest BCUT2D eigenvalue weighted by atomic mass is 9.91. The Morgan fingerprint density at radius 1 is 1.04 bits per heavy atom. The Hall–Kier alpha value is -2.62. The highest BCUT2D eigenvalue weighted by molar-refractivity contribution is 5.81. The quantitative estimate of drug-likeness (QED) is 0.893. The van der Waals surface area contributed by atoms with Gasteiger partial charge in [0.1, 0.15) is 0 Å². The lowest BCUT2D eigenvalue weighted by Gasteiger charge is -2.33. The maximum Gasteiger partial charge on any atom is 0.224 e. The first-order chi connectivity index (χ1) is 12.7. The minimum absolute atomic E-state index is 0.0185. The van der Waals surface area contributed by atoms with Crippen molar-refractivity contribution in [3.8, 4) is 0 Å². The van der Waals surface area contributed by atoms with Crippen LogP contribution in [0.5, 0.6) is 0 Å². The van der Waals surface area contributed by atoms with E-state index in [-0.39, 0.29) is 23.9 Å². The lowest BCUT2D eigenvalue weighted by molar-refractivity contribution is -0.126. The van der Waals surface area contributed by atoms with Crippen LogP contribution < -0.4 is 10.6 Å². The lowest BCUT2D eigenvalue weighted by Crippen LogP contribution is -2.50. The molecule has 0 bridgehead atoms. The van der Waals surface area contributed by atoms with Crippen LogP contribution in [0.2, 0.25) is 0 Å². The van der Waals surface area contributed by atoms with Crippen LogP contribution in [-0.2, 0) is 28.9 Å². The summed E-state index contributed by atoms with van der Waals surface area (Å²) in [4.78, 5) is 24.5. The Morgan fingerprint density at radius 3 is 2.69 bits per heavy atom. The molecule has 1 fully saturated rings. The van der Waals surface area contributed by atoms with Gasteiger partial charge in [-0.05, 0) is 47.9 Å². The summed E-state index contributed by atoms with van der Waals surface area (Å²) in [5.74, 6) is 0.0630. The van der Waals surface area contributed by atoms with E-state index in [0.717, 1.165) is 24.0 Å². The van der Waals surface area contributed by atoms with Crippen LogP contribution in [0.25, 0.3) is 0 Å². The zero-order valence-corrected chi connectivity index (χ0v) is 14.8. The molecule has 0 aromatic heterocycles. The van der Waals surface area contributed by atoms with E-state index in [1.54, 1.807) is 0 Å². The fraction of sp³-hybridized carbons (Fsp3) is 0.364. The molecule has 2 atom stereocenters. The molecule has 2 aromatic rings. The topological polar surface area (TPSA) is 58.2 Å². The molecule has 1 heterocycles. The summed E-state index contributed by atoms with van der Waals surface area (Å²) < 4.78 is 0. The second kappa shape index (κ2) is 7.32. The Balaban J connectivity index is 1.44. The van der Waals surface area contributed by atoms with Crippen LogP contribution in [0.15, 0.2) is 48.5 Å². The van der Waals surface area contributed by atoms with Gasteiger partial charge in [-0.25, -0.2) is 0 Å². The molecular formula is C22H24N2O2. The Morgan fingerprint density at radius 2 is 1.85 bits per heavy atom. The van der Waals surface area contributed by atoms with E-state index in [9.17, 15) is 9.59 Å². The second-order valence-corrected chi connectivity index (χ2v) is 7.30. The third-order valence-electron chi connectivity index (χ3n) is 5.43.